The summed E-state index contributed by atoms with van der Waals surface area (Å²) in [5.41, 5.74) is 6.99. The van der Waals surface area contributed by atoms with E-state index in [0.29, 0.717) is 30.1 Å². The van der Waals surface area contributed by atoms with Crippen LogP contribution in [0.15, 0.2) is 24.3 Å². The summed E-state index contributed by atoms with van der Waals surface area (Å²) in [6.07, 6.45) is 1.25. The number of benzene rings is 1. The van der Waals surface area contributed by atoms with E-state index in [2.05, 4.69) is 19.2 Å². The van der Waals surface area contributed by atoms with Crippen molar-refractivity contribution in [3.05, 3.63) is 29.8 Å². The molecule has 0 aliphatic heterocycles. The quantitative estimate of drug-likeness (QED) is 0.685. The third-order valence-electron chi connectivity index (χ3n) is 3.18. The number of carboxylic acid groups (broad SMARTS) is 1. The van der Waals surface area contributed by atoms with Crippen LogP contribution in [-0.2, 0) is 16.0 Å². The number of amides is 1. The van der Waals surface area contributed by atoms with Crippen molar-refractivity contribution in [2.45, 2.75) is 33.1 Å². The third-order valence-corrected chi connectivity index (χ3v) is 3.18. The summed E-state index contributed by atoms with van der Waals surface area (Å²) in [4.78, 5) is 22.7. The van der Waals surface area contributed by atoms with Gasteiger partial charge in [0.25, 0.3) is 0 Å². The van der Waals surface area contributed by atoms with E-state index in [4.69, 9.17) is 10.8 Å². The van der Waals surface area contributed by atoms with Crippen molar-refractivity contribution in [1.82, 2.24) is 0 Å². The molecule has 0 bridgehead atoms. The predicted molar refractivity (Wildman–Crippen MR) is 83.0 cm³/mol. The average molecular weight is 292 g/mol. The van der Waals surface area contributed by atoms with Gasteiger partial charge in [0, 0.05) is 12.1 Å². The number of hydrogen-bond acceptors (Lipinski definition) is 3. The van der Waals surface area contributed by atoms with Crippen molar-refractivity contribution in [2.75, 3.05) is 11.9 Å². The molecule has 0 aromatic heterocycles. The molecule has 0 fully saturated rings. The predicted octanol–water partition coefficient (Wildman–Crippen LogP) is 2.26. The van der Waals surface area contributed by atoms with Crippen molar-refractivity contribution < 1.29 is 14.7 Å². The highest BCUT2D eigenvalue weighted by atomic mass is 16.4. The van der Waals surface area contributed by atoms with Gasteiger partial charge in [0.05, 0.1) is 6.42 Å². The van der Waals surface area contributed by atoms with Crippen LogP contribution in [0.5, 0.6) is 0 Å². The molecule has 0 aliphatic rings. The second-order valence-corrected chi connectivity index (χ2v) is 5.75. The summed E-state index contributed by atoms with van der Waals surface area (Å²) < 4.78 is 0. The van der Waals surface area contributed by atoms with Crippen LogP contribution >= 0.6 is 0 Å². The number of rotatable bonds is 8. The number of anilines is 1. The van der Waals surface area contributed by atoms with Gasteiger partial charge in [0.2, 0.25) is 5.91 Å². The number of carboxylic acids is 1. The Morgan fingerprint density at radius 2 is 2.05 bits per heavy atom. The Kier molecular flexibility index (Phi) is 6.88. The first-order valence-corrected chi connectivity index (χ1v) is 7.21. The molecule has 1 amide bonds. The monoisotopic (exact) mass is 292 g/mol. The van der Waals surface area contributed by atoms with Crippen LogP contribution in [0, 0.1) is 11.8 Å². The molecule has 5 nitrogen and oxygen atoms in total. The average Bonchev–Trinajstić information content (AvgIpc) is 2.36. The molecule has 0 aliphatic carbocycles. The molecule has 1 aromatic rings. The van der Waals surface area contributed by atoms with Gasteiger partial charge in [-0.05, 0) is 42.5 Å². The maximum Gasteiger partial charge on any atom is 0.307 e. The van der Waals surface area contributed by atoms with Crippen LogP contribution in [0.3, 0.4) is 0 Å². The van der Waals surface area contributed by atoms with E-state index >= 15 is 0 Å². The fourth-order valence-electron chi connectivity index (χ4n) is 2.34. The molecule has 1 atom stereocenters. The lowest BCUT2D eigenvalue weighted by molar-refractivity contribution is -0.136. The minimum Gasteiger partial charge on any atom is -0.481 e. The minimum absolute atomic E-state index is 0.0531. The Morgan fingerprint density at radius 1 is 1.33 bits per heavy atom. The molecule has 21 heavy (non-hydrogen) atoms. The zero-order valence-electron chi connectivity index (χ0n) is 12.6. The number of carbonyl (C=O) groups excluding carboxylic acids is 1. The lowest BCUT2D eigenvalue weighted by atomic mass is 9.94. The Balaban J connectivity index is 2.59. The van der Waals surface area contributed by atoms with E-state index in [1.54, 1.807) is 24.3 Å². The van der Waals surface area contributed by atoms with Gasteiger partial charge in [-0.25, -0.2) is 0 Å². The molecule has 5 heteroatoms. The minimum atomic E-state index is -0.890. The summed E-state index contributed by atoms with van der Waals surface area (Å²) in [6.45, 7) is 4.70. The first kappa shape index (κ1) is 17.2. The first-order chi connectivity index (χ1) is 9.90. The Labute approximate surface area is 125 Å². The molecule has 1 rings (SSSR count). The maximum absolute atomic E-state index is 12.0. The molecule has 0 spiro atoms. The van der Waals surface area contributed by atoms with Gasteiger partial charge in [0.1, 0.15) is 0 Å². The molecule has 0 radical (unpaired) electrons. The van der Waals surface area contributed by atoms with Crippen LogP contribution < -0.4 is 11.1 Å². The number of carbonyl (C=O) groups is 2. The Morgan fingerprint density at radius 3 is 2.62 bits per heavy atom. The van der Waals surface area contributed by atoms with Gasteiger partial charge < -0.3 is 16.2 Å². The fourth-order valence-corrected chi connectivity index (χ4v) is 2.34. The third kappa shape index (κ3) is 6.90. The molecule has 0 saturated carbocycles. The van der Waals surface area contributed by atoms with Crippen molar-refractivity contribution >= 4 is 17.6 Å². The van der Waals surface area contributed by atoms with Gasteiger partial charge in [0.15, 0.2) is 0 Å². The maximum atomic E-state index is 12.0. The van der Waals surface area contributed by atoms with E-state index in [-0.39, 0.29) is 18.2 Å². The topological polar surface area (TPSA) is 92.4 Å². The molecular weight excluding hydrogens is 268 g/mol. The standard InChI is InChI=1S/C16H24N2O3/c1-11(2)6-13(10-17)8-15(19)18-14-5-3-4-12(7-14)9-16(20)21/h3-5,7,11,13H,6,8-10,17H2,1-2H3,(H,18,19)(H,20,21)/t13-/m0/s1. The number of nitrogens with one attached hydrogen (secondary N) is 1. The van der Waals surface area contributed by atoms with Crippen molar-refractivity contribution in [2.24, 2.45) is 17.6 Å². The van der Waals surface area contributed by atoms with Crippen molar-refractivity contribution in [3.8, 4) is 0 Å². The highest BCUT2D eigenvalue weighted by Gasteiger charge is 2.14. The molecular formula is C16H24N2O3. The first-order valence-electron chi connectivity index (χ1n) is 7.21. The van der Waals surface area contributed by atoms with E-state index in [1.165, 1.54) is 0 Å². The van der Waals surface area contributed by atoms with Crippen LogP contribution in [0.2, 0.25) is 0 Å². The Hall–Kier alpha value is -1.88. The highest BCUT2D eigenvalue weighted by Crippen LogP contribution is 2.16. The van der Waals surface area contributed by atoms with Crippen molar-refractivity contribution in [3.63, 3.8) is 0 Å². The molecule has 0 saturated heterocycles. The van der Waals surface area contributed by atoms with E-state index in [9.17, 15) is 9.59 Å². The van der Waals surface area contributed by atoms with Crippen molar-refractivity contribution in [1.29, 1.82) is 0 Å². The summed E-state index contributed by atoms with van der Waals surface area (Å²) in [5, 5.41) is 11.6. The van der Waals surface area contributed by atoms with Gasteiger partial charge in [-0.1, -0.05) is 26.0 Å². The zero-order chi connectivity index (χ0) is 15.8. The second-order valence-electron chi connectivity index (χ2n) is 5.75. The smallest absolute Gasteiger partial charge is 0.307 e. The second kappa shape index (κ2) is 8.42. The van der Waals surface area contributed by atoms with Gasteiger partial charge in [-0.15, -0.1) is 0 Å². The summed E-state index contributed by atoms with van der Waals surface area (Å²) in [6, 6.07) is 6.91. The Bertz CT molecular complexity index is 486. The summed E-state index contributed by atoms with van der Waals surface area (Å²) in [5.74, 6) is -0.297. The van der Waals surface area contributed by atoms with E-state index in [1.807, 2.05) is 0 Å². The van der Waals surface area contributed by atoms with Crippen LogP contribution in [-0.4, -0.2) is 23.5 Å². The lowest BCUT2D eigenvalue weighted by Gasteiger charge is -2.16. The fraction of sp³-hybridized carbons (Fsp3) is 0.500. The number of hydrogen-bond donors (Lipinski definition) is 3. The molecule has 1 aromatic carbocycles. The van der Waals surface area contributed by atoms with Crippen LogP contribution in [0.1, 0.15) is 32.3 Å². The zero-order valence-corrected chi connectivity index (χ0v) is 12.6. The summed E-state index contributed by atoms with van der Waals surface area (Å²) in [7, 11) is 0. The largest absolute Gasteiger partial charge is 0.481 e. The van der Waals surface area contributed by atoms with Gasteiger partial charge >= 0.3 is 5.97 Å². The highest BCUT2D eigenvalue weighted by molar-refractivity contribution is 5.91. The van der Waals surface area contributed by atoms with Crippen LogP contribution in [0.4, 0.5) is 5.69 Å². The van der Waals surface area contributed by atoms with Crippen LogP contribution in [0.25, 0.3) is 0 Å². The molecule has 0 unspecified atom stereocenters. The van der Waals surface area contributed by atoms with Gasteiger partial charge in [-0.2, -0.15) is 0 Å². The molecule has 0 heterocycles. The number of nitrogens with two attached hydrogens (primary N) is 1. The lowest BCUT2D eigenvalue weighted by Crippen LogP contribution is -2.23. The van der Waals surface area contributed by atoms with Gasteiger partial charge in [-0.3, -0.25) is 9.59 Å². The molecule has 4 N–H and O–H groups in total. The van der Waals surface area contributed by atoms with E-state index in [0.717, 1.165) is 6.42 Å². The summed E-state index contributed by atoms with van der Waals surface area (Å²) >= 11 is 0. The normalized spacial score (nSPS) is 12.2. The number of aliphatic carboxylic acids is 1. The van der Waals surface area contributed by atoms with E-state index < -0.39 is 5.97 Å². The SMILES string of the molecule is CC(C)C[C@H](CN)CC(=O)Nc1cccc(CC(=O)O)c1. The molecule has 116 valence electrons.